The van der Waals surface area contributed by atoms with Gasteiger partial charge in [0, 0.05) is 16.0 Å². The van der Waals surface area contributed by atoms with Crippen LogP contribution in [0, 0.1) is 0 Å². The van der Waals surface area contributed by atoms with Crippen molar-refractivity contribution in [1.82, 2.24) is 4.98 Å². The topological polar surface area (TPSA) is 55.7 Å². The lowest BCUT2D eigenvalue weighted by molar-refractivity contribution is 0.269. The fraction of sp³-hybridized carbons (Fsp3) is 0.120. The van der Waals surface area contributed by atoms with E-state index in [2.05, 4.69) is 15.5 Å². The van der Waals surface area contributed by atoms with E-state index >= 15 is 0 Å². The number of hydrogen-bond acceptors (Lipinski definition) is 6. The molecule has 4 rings (SSSR count). The zero-order valence-corrected chi connectivity index (χ0v) is 22.2. The normalized spacial score (nSPS) is 11.1. The second-order valence-corrected chi connectivity index (χ2v) is 9.72. The Bertz CT molecular complexity index is 1360. The van der Waals surface area contributed by atoms with Crippen LogP contribution in [0.1, 0.15) is 18.1 Å². The van der Waals surface area contributed by atoms with E-state index in [0.717, 1.165) is 22.4 Å². The number of ether oxygens (including phenoxy) is 2. The Hall–Kier alpha value is -2.48. The summed E-state index contributed by atoms with van der Waals surface area (Å²) in [5.41, 5.74) is 6.24. The standard InChI is InChI=1S/C25H19Cl4N3O2S/c1-2-33-24-10-15(4-8-23(24)34-13-16-3-7-19(27)21(29)9-16)12-30-32-25-31-22(14-35-25)18-6-5-17(26)11-20(18)28/h3-12,14H,2,13H2,1H3,(H,31,32)/b30-12+. The number of halogens is 4. The second kappa shape index (κ2) is 12.0. The summed E-state index contributed by atoms with van der Waals surface area (Å²) in [6.07, 6.45) is 1.68. The minimum Gasteiger partial charge on any atom is -0.490 e. The van der Waals surface area contributed by atoms with Gasteiger partial charge in [0.25, 0.3) is 0 Å². The maximum absolute atomic E-state index is 6.28. The monoisotopic (exact) mass is 565 g/mol. The molecule has 0 aliphatic heterocycles. The number of aromatic nitrogens is 1. The van der Waals surface area contributed by atoms with E-state index < -0.39 is 0 Å². The second-order valence-electron chi connectivity index (χ2n) is 7.21. The van der Waals surface area contributed by atoms with Gasteiger partial charge in [-0.15, -0.1) is 11.3 Å². The fourth-order valence-corrected chi connectivity index (χ4v) is 4.58. The van der Waals surface area contributed by atoms with Crippen molar-refractivity contribution in [3.63, 3.8) is 0 Å². The van der Waals surface area contributed by atoms with Crippen LogP contribution in [-0.4, -0.2) is 17.8 Å². The molecular weight excluding hydrogens is 548 g/mol. The number of hydrazone groups is 1. The molecule has 1 aromatic heterocycles. The lowest BCUT2D eigenvalue weighted by Crippen LogP contribution is -2.01. The van der Waals surface area contributed by atoms with Crippen LogP contribution in [-0.2, 0) is 6.61 Å². The van der Waals surface area contributed by atoms with Crippen molar-refractivity contribution in [2.24, 2.45) is 5.10 Å². The summed E-state index contributed by atoms with van der Waals surface area (Å²) in [7, 11) is 0. The van der Waals surface area contributed by atoms with Gasteiger partial charge in [0.05, 0.1) is 33.6 Å². The maximum Gasteiger partial charge on any atom is 0.203 e. The highest BCUT2D eigenvalue weighted by atomic mass is 35.5. The molecule has 0 spiro atoms. The summed E-state index contributed by atoms with van der Waals surface area (Å²) in [6.45, 7) is 2.74. The molecule has 10 heteroatoms. The van der Waals surface area contributed by atoms with Crippen LogP contribution in [0.2, 0.25) is 20.1 Å². The Kier molecular flexibility index (Phi) is 8.76. The molecule has 0 radical (unpaired) electrons. The molecule has 180 valence electrons. The van der Waals surface area contributed by atoms with Gasteiger partial charge in [-0.3, -0.25) is 5.43 Å². The van der Waals surface area contributed by atoms with E-state index in [1.807, 2.05) is 42.6 Å². The van der Waals surface area contributed by atoms with Crippen LogP contribution in [0.25, 0.3) is 11.3 Å². The Labute approximate surface area is 227 Å². The van der Waals surface area contributed by atoms with E-state index in [1.54, 1.807) is 30.5 Å². The summed E-state index contributed by atoms with van der Waals surface area (Å²) in [4.78, 5) is 4.53. The van der Waals surface area contributed by atoms with Crippen LogP contribution in [0.15, 0.2) is 65.1 Å². The van der Waals surface area contributed by atoms with Crippen LogP contribution >= 0.6 is 57.7 Å². The van der Waals surface area contributed by atoms with Crippen molar-refractivity contribution in [2.75, 3.05) is 12.0 Å². The molecule has 1 N–H and O–H groups in total. The van der Waals surface area contributed by atoms with Crippen LogP contribution in [0.5, 0.6) is 11.5 Å². The molecular formula is C25H19Cl4N3O2S. The van der Waals surface area contributed by atoms with E-state index in [0.29, 0.717) is 49.9 Å². The third kappa shape index (κ3) is 6.81. The fourth-order valence-electron chi connectivity index (χ4n) is 3.09. The molecule has 0 aliphatic rings. The Morgan fingerprint density at radius 1 is 0.914 bits per heavy atom. The molecule has 0 atom stereocenters. The summed E-state index contributed by atoms with van der Waals surface area (Å²) in [5, 5.41) is 8.94. The van der Waals surface area contributed by atoms with Crippen LogP contribution in [0.3, 0.4) is 0 Å². The van der Waals surface area contributed by atoms with Crippen molar-refractivity contribution in [3.05, 3.63) is 91.2 Å². The largest absolute Gasteiger partial charge is 0.490 e. The van der Waals surface area contributed by atoms with Gasteiger partial charge in [-0.05, 0) is 66.6 Å². The Morgan fingerprint density at radius 2 is 1.77 bits per heavy atom. The molecule has 0 amide bonds. The number of rotatable bonds is 9. The molecule has 3 aromatic carbocycles. The first-order valence-corrected chi connectivity index (χ1v) is 12.9. The van der Waals surface area contributed by atoms with Crippen molar-refractivity contribution < 1.29 is 9.47 Å². The molecule has 0 aliphatic carbocycles. The molecule has 35 heavy (non-hydrogen) atoms. The molecule has 0 saturated heterocycles. The van der Waals surface area contributed by atoms with Crippen LogP contribution in [0.4, 0.5) is 5.13 Å². The third-order valence-corrected chi connectivity index (χ3v) is 6.76. The lowest BCUT2D eigenvalue weighted by Gasteiger charge is -2.13. The number of hydrogen-bond donors (Lipinski definition) is 1. The van der Waals surface area contributed by atoms with Crippen molar-refractivity contribution in [3.8, 4) is 22.8 Å². The van der Waals surface area contributed by atoms with Crippen LogP contribution < -0.4 is 14.9 Å². The highest BCUT2D eigenvalue weighted by molar-refractivity contribution is 7.14. The molecule has 0 fully saturated rings. The number of thiazole rings is 1. The first-order valence-electron chi connectivity index (χ1n) is 10.5. The van der Waals surface area contributed by atoms with Crippen molar-refractivity contribution in [1.29, 1.82) is 0 Å². The predicted molar refractivity (Wildman–Crippen MR) is 147 cm³/mol. The minimum absolute atomic E-state index is 0.329. The van der Waals surface area contributed by atoms with Gasteiger partial charge in [-0.25, -0.2) is 4.98 Å². The quantitative estimate of drug-likeness (QED) is 0.162. The van der Waals surface area contributed by atoms with Gasteiger partial charge < -0.3 is 9.47 Å². The Morgan fingerprint density at radius 3 is 2.54 bits per heavy atom. The SMILES string of the molecule is CCOc1cc(/C=N/Nc2nc(-c3ccc(Cl)cc3Cl)cs2)ccc1OCc1ccc(Cl)c(Cl)c1. The zero-order valence-electron chi connectivity index (χ0n) is 18.4. The van der Waals surface area contributed by atoms with E-state index in [9.17, 15) is 0 Å². The highest BCUT2D eigenvalue weighted by Crippen LogP contribution is 2.33. The maximum atomic E-state index is 6.28. The van der Waals surface area contributed by atoms with E-state index in [4.69, 9.17) is 55.9 Å². The van der Waals surface area contributed by atoms with Gasteiger partial charge in [0.2, 0.25) is 5.13 Å². The van der Waals surface area contributed by atoms with Gasteiger partial charge in [-0.1, -0.05) is 52.5 Å². The summed E-state index contributed by atoms with van der Waals surface area (Å²) >= 11 is 25.7. The molecule has 0 unspecified atom stereocenters. The first kappa shape index (κ1) is 25.6. The van der Waals surface area contributed by atoms with E-state index in [1.165, 1.54) is 11.3 Å². The minimum atomic E-state index is 0.329. The summed E-state index contributed by atoms with van der Waals surface area (Å²) in [5.74, 6) is 1.23. The number of nitrogens with zero attached hydrogens (tertiary/aromatic N) is 2. The van der Waals surface area contributed by atoms with Gasteiger partial charge in [0.15, 0.2) is 11.5 Å². The number of nitrogens with one attached hydrogen (secondary N) is 1. The summed E-state index contributed by atoms with van der Waals surface area (Å²) in [6, 6.07) is 16.3. The smallest absolute Gasteiger partial charge is 0.203 e. The van der Waals surface area contributed by atoms with Crippen molar-refractivity contribution in [2.45, 2.75) is 13.5 Å². The highest BCUT2D eigenvalue weighted by Gasteiger charge is 2.10. The Balaban J connectivity index is 1.41. The predicted octanol–water partition coefficient (Wildman–Crippen LogP) is 8.85. The lowest BCUT2D eigenvalue weighted by atomic mass is 10.2. The molecule has 1 heterocycles. The average Bonchev–Trinajstić information content (AvgIpc) is 3.29. The van der Waals surface area contributed by atoms with Gasteiger partial charge >= 0.3 is 0 Å². The van der Waals surface area contributed by atoms with Gasteiger partial charge in [0.1, 0.15) is 6.61 Å². The van der Waals surface area contributed by atoms with E-state index in [-0.39, 0.29) is 0 Å². The molecule has 0 saturated carbocycles. The molecule has 4 aromatic rings. The van der Waals surface area contributed by atoms with Crippen molar-refractivity contribution >= 4 is 69.1 Å². The molecule has 5 nitrogen and oxygen atoms in total. The van der Waals surface area contributed by atoms with Gasteiger partial charge in [-0.2, -0.15) is 5.10 Å². The first-order chi connectivity index (χ1) is 16.9. The summed E-state index contributed by atoms with van der Waals surface area (Å²) < 4.78 is 11.7. The average molecular weight is 567 g/mol. The molecule has 0 bridgehead atoms. The third-order valence-electron chi connectivity index (χ3n) is 4.73. The zero-order chi connectivity index (χ0) is 24.8. The number of benzene rings is 3. The number of anilines is 1.